The standard InChI is InChI=1S/C72H51N3S2/c1-72(2)60-38-44(36-46(45-27-31-54-52-18-9-13-23-67(52)76-69(54)39-45)35-43-26-33-64-58(37-43)50-16-7-11-21-62(50)73(64)3)25-30-57(60)71-56-20-6-5-15-49(56)66(42-61(71)72)75(48-28-32-55-53-19-10-14-24-68(53)77-70(55)41-48)47-29-34-65-59(40-47)51-17-8-12-22-63(51)74(65)4/h5-34,36-42H,35H2,1-4H3/b46-36-. The van der Waals surface area contributed by atoms with Crippen LogP contribution in [0.3, 0.4) is 0 Å². The number of hydrogen-bond donors (Lipinski definition) is 0. The fourth-order valence-electron chi connectivity index (χ4n) is 13.3. The van der Waals surface area contributed by atoms with Crippen LogP contribution in [0, 0.1) is 0 Å². The smallest absolute Gasteiger partial charge is 0.0543 e. The number of aromatic nitrogens is 2. The summed E-state index contributed by atoms with van der Waals surface area (Å²) in [6, 6.07) is 82.5. The SMILES string of the molecule is Cn1c2ccccc2c2cc(C/C(=C/c3ccc4c(c3)C(C)(C)c3cc(N(c5ccc6c(c5)sc5ccccc56)c5ccc6c(c5)c5ccccc5n6C)c5ccccc5c3-4)c3ccc4c(c3)sc3ccccc34)ccc21. The minimum Gasteiger partial charge on any atom is -0.344 e. The summed E-state index contributed by atoms with van der Waals surface area (Å²) in [4.78, 5) is 2.54. The maximum Gasteiger partial charge on any atom is 0.0543 e. The van der Waals surface area contributed by atoms with Crippen molar-refractivity contribution in [1.29, 1.82) is 0 Å². The number of hydrogen-bond acceptors (Lipinski definition) is 3. The van der Waals surface area contributed by atoms with Crippen LogP contribution >= 0.6 is 22.7 Å². The second kappa shape index (κ2) is 16.6. The van der Waals surface area contributed by atoms with Gasteiger partial charge in [-0.2, -0.15) is 0 Å². The molecular formula is C72H51N3S2. The van der Waals surface area contributed by atoms with Gasteiger partial charge in [0.15, 0.2) is 0 Å². The van der Waals surface area contributed by atoms with E-state index in [-0.39, 0.29) is 5.41 Å². The number of anilines is 3. The molecule has 0 saturated carbocycles. The Morgan fingerprint density at radius 1 is 0.429 bits per heavy atom. The van der Waals surface area contributed by atoms with Crippen molar-refractivity contribution >= 4 is 146 Å². The number of rotatable bonds is 7. The van der Waals surface area contributed by atoms with Crippen molar-refractivity contribution in [3.05, 3.63) is 246 Å². The summed E-state index contributed by atoms with van der Waals surface area (Å²) in [6.45, 7) is 4.88. The molecule has 0 bridgehead atoms. The third kappa shape index (κ3) is 6.67. The fourth-order valence-corrected chi connectivity index (χ4v) is 15.6. The fraction of sp³-hybridized carbons (Fsp3) is 0.0833. The molecule has 0 amide bonds. The normalized spacial score (nSPS) is 13.4. The van der Waals surface area contributed by atoms with Crippen LogP contribution in [0.15, 0.2) is 218 Å². The third-order valence-electron chi connectivity index (χ3n) is 17.2. The van der Waals surface area contributed by atoms with E-state index in [9.17, 15) is 0 Å². The number of thiophene rings is 2. The average molecular weight is 1020 g/mol. The molecule has 1 aliphatic carbocycles. The molecule has 0 atom stereocenters. The van der Waals surface area contributed by atoms with Gasteiger partial charge in [-0.1, -0.05) is 159 Å². The summed E-state index contributed by atoms with van der Waals surface area (Å²) >= 11 is 3.77. The van der Waals surface area contributed by atoms with Gasteiger partial charge in [0.2, 0.25) is 0 Å². The molecule has 0 spiro atoms. The molecule has 0 saturated heterocycles. The van der Waals surface area contributed by atoms with E-state index in [1.165, 1.54) is 145 Å². The molecule has 4 heterocycles. The molecule has 0 N–H and O–H groups in total. The summed E-state index contributed by atoms with van der Waals surface area (Å²) < 4.78 is 9.90. The van der Waals surface area contributed by atoms with Crippen LogP contribution in [-0.4, -0.2) is 9.13 Å². The largest absolute Gasteiger partial charge is 0.344 e. The topological polar surface area (TPSA) is 13.1 Å². The van der Waals surface area contributed by atoms with E-state index in [4.69, 9.17) is 0 Å². The van der Waals surface area contributed by atoms with Crippen molar-refractivity contribution in [1.82, 2.24) is 9.13 Å². The van der Waals surface area contributed by atoms with Crippen LogP contribution in [0.2, 0.25) is 0 Å². The Labute approximate surface area is 454 Å². The van der Waals surface area contributed by atoms with Gasteiger partial charge in [-0.15, -0.1) is 22.7 Å². The number of nitrogens with zero attached hydrogens (tertiary/aromatic N) is 3. The van der Waals surface area contributed by atoms with Gasteiger partial charge in [-0.3, -0.25) is 0 Å². The lowest BCUT2D eigenvalue weighted by Gasteiger charge is -2.30. The Balaban J connectivity index is 0.865. The summed E-state index contributed by atoms with van der Waals surface area (Å²) in [5, 5.41) is 12.9. The lowest BCUT2D eigenvalue weighted by atomic mass is 9.81. The highest BCUT2D eigenvalue weighted by molar-refractivity contribution is 7.26. The van der Waals surface area contributed by atoms with E-state index < -0.39 is 0 Å². The van der Waals surface area contributed by atoms with E-state index in [1.54, 1.807) is 0 Å². The lowest BCUT2D eigenvalue weighted by Crippen LogP contribution is -2.17. The molecule has 0 aliphatic heterocycles. The highest BCUT2D eigenvalue weighted by atomic mass is 32.1. The first-order chi connectivity index (χ1) is 37.7. The van der Waals surface area contributed by atoms with Crippen molar-refractivity contribution in [2.45, 2.75) is 25.7 Å². The van der Waals surface area contributed by atoms with Crippen molar-refractivity contribution in [3.63, 3.8) is 0 Å². The Hall–Kier alpha value is -8.74. The molecule has 16 rings (SSSR count). The molecule has 15 aromatic rings. The van der Waals surface area contributed by atoms with Gasteiger partial charge in [0.1, 0.15) is 0 Å². The highest BCUT2D eigenvalue weighted by Gasteiger charge is 2.38. The molecule has 0 fully saturated rings. The number of fused-ring (bicyclic) bond motifs is 17. The highest BCUT2D eigenvalue weighted by Crippen LogP contribution is 2.55. The molecule has 3 nitrogen and oxygen atoms in total. The Bertz CT molecular complexity index is 5030. The van der Waals surface area contributed by atoms with E-state index >= 15 is 0 Å². The van der Waals surface area contributed by atoms with Gasteiger partial charge < -0.3 is 14.0 Å². The van der Waals surface area contributed by atoms with Crippen LogP contribution in [0.4, 0.5) is 17.1 Å². The van der Waals surface area contributed by atoms with Crippen LogP contribution < -0.4 is 4.90 Å². The van der Waals surface area contributed by atoms with Crippen molar-refractivity contribution in [3.8, 4) is 11.1 Å². The minimum atomic E-state index is -0.302. The van der Waals surface area contributed by atoms with Gasteiger partial charge in [-0.05, 0) is 135 Å². The zero-order chi connectivity index (χ0) is 51.3. The quantitative estimate of drug-likeness (QED) is 0.145. The molecule has 4 aromatic heterocycles. The maximum absolute atomic E-state index is 2.54. The molecule has 5 heteroatoms. The number of aryl methyl sites for hydroxylation is 2. The van der Waals surface area contributed by atoms with E-state index in [0.717, 1.165) is 17.8 Å². The summed E-state index contributed by atoms with van der Waals surface area (Å²) in [5.74, 6) is 0. The zero-order valence-corrected chi connectivity index (χ0v) is 44.9. The average Bonchev–Trinajstić information content (AvgIpc) is 4.39. The minimum absolute atomic E-state index is 0.302. The van der Waals surface area contributed by atoms with Gasteiger partial charge >= 0.3 is 0 Å². The van der Waals surface area contributed by atoms with E-state index in [0.29, 0.717) is 0 Å². The van der Waals surface area contributed by atoms with Crippen molar-refractivity contribution in [2.75, 3.05) is 4.90 Å². The van der Waals surface area contributed by atoms with E-state index in [1.807, 2.05) is 22.7 Å². The summed E-state index contributed by atoms with van der Waals surface area (Å²) in [5.41, 5.74) is 18.6. The van der Waals surface area contributed by atoms with Gasteiger partial charge in [0, 0.05) is 120 Å². The Morgan fingerprint density at radius 2 is 0.961 bits per heavy atom. The monoisotopic (exact) mass is 1020 g/mol. The number of allylic oxidation sites excluding steroid dienone is 1. The second-order valence-electron chi connectivity index (χ2n) is 21.8. The van der Waals surface area contributed by atoms with E-state index in [2.05, 4.69) is 266 Å². The van der Waals surface area contributed by atoms with Crippen LogP contribution in [0.5, 0.6) is 0 Å². The predicted molar refractivity (Wildman–Crippen MR) is 334 cm³/mol. The molecule has 366 valence electrons. The lowest BCUT2D eigenvalue weighted by molar-refractivity contribution is 0.660. The predicted octanol–water partition coefficient (Wildman–Crippen LogP) is 20.4. The molecule has 11 aromatic carbocycles. The molecule has 0 unspecified atom stereocenters. The first kappa shape index (κ1) is 44.5. The van der Waals surface area contributed by atoms with Crippen LogP contribution in [-0.2, 0) is 25.9 Å². The van der Waals surface area contributed by atoms with Gasteiger partial charge in [0.25, 0.3) is 0 Å². The molecule has 0 radical (unpaired) electrons. The van der Waals surface area contributed by atoms with Crippen LogP contribution in [0.25, 0.3) is 118 Å². The zero-order valence-electron chi connectivity index (χ0n) is 43.2. The second-order valence-corrected chi connectivity index (χ2v) is 23.9. The third-order valence-corrected chi connectivity index (χ3v) is 19.4. The van der Waals surface area contributed by atoms with Gasteiger partial charge in [0.05, 0.1) is 5.69 Å². The van der Waals surface area contributed by atoms with Crippen molar-refractivity contribution in [2.24, 2.45) is 14.1 Å². The first-order valence-electron chi connectivity index (χ1n) is 26.7. The van der Waals surface area contributed by atoms with Crippen molar-refractivity contribution < 1.29 is 0 Å². The van der Waals surface area contributed by atoms with Gasteiger partial charge in [-0.25, -0.2) is 0 Å². The molecule has 77 heavy (non-hydrogen) atoms. The Morgan fingerprint density at radius 3 is 1.66 bits per heavy atom. The number of para-hydroxylation sites is 2. The number of benzene rings is 11. The molecular weight excluding hydrogens is 971 g/mol. The summed E-state index contributed by atoms with van der Waals surface area (Å²) in [6.07, 6.45) is 3.28. The summed E-state index contributed by atoms with van der Waals surface area (Å²) in [7, 11) is 4.37. The van der Waals surface area contributed by atoms with Crippen LogP contribution in [0.1, 0.15) is 41.7 Å². The first-order valence-corrected chi connectivity index (χ1v) is 28.3. The maximum atomic E-state index is 2.54. The molecule has 1 aliphatic rings. The Kier molecular flexibility index (Phi) is 9.62.